The van der Waals surface area contributed by atoms with Crippen molar-refractivity contribution in [3.05, 3.63) is 46.3 Å². The van der Waals surface area contributed by atoms with Gasteiger partial charge in [0.25, 0.3) is 5.56 Å². The van der Waals surface area contributed by atoms with Gasteiger partial charge in [0.15, 0.2) is 0 Å². The average Bonchev–Trinajstić information content (AvgIpc) is 2.99. The van der Waals surface area contributed by atoms with Crippen LogP contribution >= 0.6 is 11.8 Å². The molecular formula is C15H17N5OS. The molecule has 2 aromatic heterocycles. The number of nitrogens with zero attached hydrogens (tertiary/aromatic N) is 3. The highest BCUT2D eigenvalue weighted by atomic mass is 32.2. The van der Waals surface area contributed by atoms with Crippen LogP contribution < -0.4 is 5.56 Å². The quantitative estimate of drug-likeness (QED) is 0.683. The van der Waals surface area contributed by atoms with Crippen molar-refractivity contribution in [2.75, 3.05) is 0 Å². The number of benzene rings is 1. The number of fused-ring (bicyclic) bond motifs is 1. The Bertz CT molecular complexity index is 826. The molecule has 22 heavy (non-hydrogen) atoms. The van der Waals surface area contributed by atoms with Crippen LogP contribution in [0.4, 0.5) is 0 Å². The Hall–Kier alpha value is -2.15. The molecule has 0 aliphatic carbocycles. The van der Waals surface area contributed by atoms with Crippen LogP contribution in [0.3, 0.4) is 0 Å². The van der Waals surface area contributed by atoms with Crippen LogP contribution in [0.2, 0.25) is 0 Å². The largest absolute Gasteiger partial charge is 0.309 e. The lowest BCUT2D eigenvalue weighted by atomic mass is 10.2. The van der Waals surface area contributed by atoms with E-state index in [-0.39, 0.29) is 5.56 Å². The molecule has 3 aromatic rings. The smallest absolute Gasteiger partial charge is 0.258 e. The Balaban J connectivity index is 1.71. The van der Waals surface area contributed by atoms with E-state index in [0.717, 1.165) is 25.1 Å². The van der Waals surface area contributed by atoms with Crippen LogP contribution in [0.1, 0.15) is 31.4 Å². The molecule has 0 saturated heterocycles. The molecule has 2 N–H and O–H groups in total. The number of hydrogen-bond donors (Lipinski definition) is 2. The van der Waals surface area contributed by atoms with Gasteiger partial charge in [-0.2, -0.15) is 0 Å². The van der Waals surface area contributed by atoms with Crippen LogP contribution in [0.5, 0.6) is 0 Å². The number of aryl methyl sites for hydroxylation is 1. The number of aromatic nitrogens is 5. The molecule has 114 valence electrons. The third-order valence-corrected chi connectivity index (χ3v) is 4.14. The summed E-state index contributed by atoms with van der Waals surface area (Å²) in [6.45, 7) is 2.15. The maximum atomic E-state index is 12.0. The van der Waals surface area contributed by atoms with E-state index in [9.17, 15) is 4.79 Å². The summed E-state index contributed by atoms with van der Waals surface area (Å²) >= 11 is 1.46. The van der Waals surface area contributed by atoms with Gasteiger partial charge < -0.3 is 4.98 Å². The Morgan fingerprint density at radius 3 is 2.91 bits per heavy atom. The molecule has 0 radical (unpaired) electrons. The predicted molar refractivity (Wildman–Crippen MR) is 86.9 cm³/mol. The van der Waals surface area contributed by atoms with Gasteiger partial charge >= 0.3 is 0 Å². The fourth-order valence-corrected chi connectivity index (χ4v) is 2.82. The lowest BCUT2D eigenvalue weighted by molar-refractivity contribution is 0.755. The first-order chi connectivity index (χ1) is 10.8. The van der Waals surface area contributed by atoms with Crippen molar-refractivity contribution >= 4 is 22.7 Å². The summed E-state index contributed by atoms with van der Waals surface area (Å²) in [4.78, 5) is 23.7. The third-order valence-electron chi connectivity index (χ3n) is 3.28. The summed E-state index contributed by atoms with van der Waals surface area (Å²) in [6.07, 6.45) is 3.14. The topological polar surface area (TPSA) is 87.3 Å². The Morgan fingerprint density at radius 2 is 2.05 bits per heavy atom. The van der Waals surface area contributed by atoms with Gasteiger partial charge in [-0.05, 0) is 18.6 Å². The van der Waals surface area contributed by atoms with Crippen molar-refractivity contribution in [2.45, 2.75) is 37.1 Å². The number of H-pyrrole nitrogens is 2. The van der Waals surface area contributed by atoms with Gasteiger partial charge in [0, 0.05) is 6.42 Å². The summed E-state index contributed by atoms with van der Waals surface area (Å²) in [5, 5.41) is 8.41. The van der Waals surface area contributed by atoms with Gasteiger partial charge in [-0.3, -0.25) is 9.89 Å². The zero-order valence-corrected chi connectivity index (χ0v) is 13.1. The van der Waals surface area contributed by atoms with Crippen molar-refractivity contribution in [3.8, 4) is 0 Å². The molecule has 0 unspecified atom stereocenters. The highest BCUT2D eigenvalue weighted by molar-refractivity contribution is 7.98. The van der Waals surface area contributed by atoms with Crippen LogP contribution in [0.25, 0.3) is 10.9 Å². The standard InChI is InChI=1S/C15H17N5OS/c1-2-3-8-12-18-15(20-19-12)22-9-13-16-11-7-5-4-6-10(11)14(21)17-13/h4-7H,2-3,8-9H2,1H3,(H,16,17,21)(H,18,19,20). The summed E-state index contributed by atoms with van der Waals surface area (Å²) in [5.74, 6) is 2.07. The SMILES string of the molecule is CCCCc1nc(SCc2nc3ccccc3c(=O)[nH]2)n[nH]1. The van der Waals surface area contributed by atoms with E-state index in [1.807, 2.05) is 18.2 Å². The summed E-state index contributed by atoms with van der Waals surface area (Å²) in [7, 11) is 0. The molecule has 6 nitrogen and oxygen atoms in total. The molecule has 1 aromatic carbocycles. The van der Waals surface area contributed by atoms with Crippen LogP contribution in [-0.4, -0.2) is 25.1 Å². The first-order valence-electron chi connectivity index (χ1n) is 7.28. The first kappa shape index (κ1) is 14.8. The molecular weight excluding hydrogens is 298 g/mol. The van der Waals surface area contributed by atoms with Gasteiger partial charge in [-0.25, -0.2) is 9.97 Å². The van der Waals surface area contributed by atoms with Gasteiger partial charge in [0.2, 0.25) is 5.16 Å². The van der Waals surface area contributed by atoms with E-state index >= 15 is 0 Å². The lowest BCUT2D eigenvalue weighted by Crippen LogP contribution is -2.11. The van der Waals surface area contributed by atoms with Gasteiger partial charge in [0.05, 0.1) is 16.7 Å². The zero-order chi connectivity index (χ0) is 15.4. The van der Waals surface area contributed by atoms with E-state index in [0.29, 0.717) is 27.6 Å². The Morgan fingerprint density at radius 1 is 1.18 bits per heavy atom. The maximum Gasteiger partial charge on any atom is 0.258 e. The second-order valence-corrected chi connectivity index (χ2v) is 5.93. The highest BCUT2D eigenvalue weighted by Gasteiger charge is 2.07. The molecule has 0 bridgehead atoms. The molecule has 0 amide bonds. The molecule has 0 fully saturated rings. The highest BCUT2D eigenvalue weighted by Crippen LogP contribution is 2.17. The van der Waals surface area contributed by atoms with Gasteiger partial charge in [-0.1, -0.05) is 37.2 Å². The summed E-state index contributed by atoms with van der Waals surface area (Å²) < 4.78 is 0. The molecule has 3 rings (SSSR count). The number of hydrogen-bond acceptors (Lipinski definition) is 5. The Labute approximate surface area is 131 Å². The van der Waals surface area contributed by atoms with Crippen LogP contribution in [0.15, 0.2) is 34.2 Å². The number of aromatic amines is 2. The molecule has 0 aliphatic heterocycles. The number of para-hydroxylation sites is 1. The summed E-state index contributed by atoms with van der Waals surface area (Å²) in [6, 6.07) is 7.32. The van der Waals surface area contributed by atoms with Crippen LogP contribution in [-0.2, 0) is 12.2 Å². The monoisotopic (exact) mass is 315 g/mol. The number of thioether (sulfide) groups is 1. The van der Waals surface area contributed by atoms with Gasteiger partial charge in [0.1, 0.15) is 11.6 Å². The van der Waals surface area contributed by atoms with Crippen molar-refractivity contribution in [2.24, 2.45) is 0 Å². The second-order valence-electron chi connectivity index (χ2n) is 4.99. The maximum absolute atomic E-state index is 12.0. The van der Waals surface area contributed by atoms with E-state index in [1.165, 1.54) is 11.8 Å². The van der Waals surface area contributed by atoms with E-state index in [1.54, 1.807) is 6.07 Å². The number of unbranched alkanes of at least 4 members (excludes halogenated alkanes) is 1. The minimum Gasteiger partial charge on any atom is -0.309 e. The molecule has 0 aliphatic rings. The van der Waals surface area contributed by atoms with Crippen LogP contribution in [0, 0.1) is 0 Å². The summed E-state index contributed by atoms with van der Waals surface area (Å²) in [5.41, 5.74) is 0.597. The minimum absolute atomic E-state index is 0.111. The van der Waals surface area contributed by atoms with Crippen molar-refractivity contribution in [3.63, 3.8) is 0 Å². The lowest BCUT2D eigenvalue weighted by Gasteiger charge is -2.01. The van der Waals surface area contributed by atoms with Crippen molar-refractivity contribution < 1.29 is 0 Å². The fourth-order valence-electron chi connectivity index (χ4n) is 2.13. The zero-order valence-electron chi connectivity index (χ0n) is 12.3. The van der Waals surface area contributed by atoms with E-state index in [2.05, 4.69) is 32.1 Å². The van der Waals surface area contributed by atoms with Crippen molar-refractivity contribution in [1.82, 2.24) is 25.1 Å². The van der Waals surface area contributed by atoms with Gasteiger partial charge in [-0.15, -0.1) is 5.10 Å². The molecule has 7 heteroatoms. The average molecular weight is 315 g/mol. The first-order valence-corrected chi connectivity index (χ1v) is 8.27. The van der Waals surface area contributed by atoms with Crippen molar-refractivity contribution in [1.29, 1.82) is 0 Å². The molecule has 0 spiro atoms. The normalized spacial score (nSPS) is 11.1. The second kappa shape index (κ2) is 6.74. The number of rotatable bonds is 6. The fraction of sp³-hybridized carbons (Fsp3) is 0.333. The predicted octanol–water partition coefficient (Wildman–Crippen LogP) is 2.68. The number of nitrogens with one attached hydrogen (secondary N) is 2. The van der Waals surface area contributed by atoms with E-state index < -0.39 is 0 Å². The third kappa shape index (κ3) is 3.36. The molecule has 0 atom stereocenters. The Kier molecular flexibility index (Phi) is 4.53. The minimum atomic E-state index is -0.111. The van der Waals surface area contributed by atoms with E-state index in [4.69, 9.17) is 0 Å². The molecule has 2 heterocycles. The molecule has 0 saturated carbocycles.